The smallest absolute Gasteiger partial charge is 0.339 e. The summed E-state index contributed by atoms with van der Waals surface area (Å²) in [5.41, 5.74) is -0.237. The van der Waals surface area contributed by atoms with E-state index in [-0.39, 0.29) is 11.2 Å². The molecule has 4 heteroatoms. The number of carboxylic acid groups (broad SMARTS) is 1. The molecule has 1 aromatic rings. The van der Waals surface area contributed by atoms with Gasteiger partial charge in [-0.25, -0.2) is 4.79 Å². The molecule has 15 heavy (non-hydrogen) atoms. The standard InChI is InChI=1S/C11H15NO3/c1-4-11(2,3)15-9-7-12-6-5-8(9)10(13)14/h5-7H,4H2,1-3H3,(H,13,14). The molecule has 0 saturated carbocycles. The molecule has 0 radical (unpaired) electrons. The highest BCUT2D eigenvalue weighted by molar-refractivity contribution is 5.90. The molecule has 1 heterocycles. The number of hydrogen-bond acceptors (Lipinski definition) is 3. The molecule has 0 aliphatic heterocycles. The van der Waals surface area contributed by atoms with Crippen molar-refractivity contribution < 1.29 is 14.6 Å². The second-order valence-corrected chi connectivity index (χ2v) is 3.89. The first-order chi connectivity index (χ1) is 6.96. The molecular formula is C11H15NO3. The fraction of sp³-hybridized carbons (Fsp3) is 0.455. The summed E-state index contributed by atoms with van der Waals surface area (Å²) in [6.45, 7) is 5.80. The van der Waals surface area contributed by atoms with Gasteiger partial charge in [-0.15, -0.1) is 0 Å². The Balaban J connectivity index is 2.99. The SMILES string of the molecule is CCC(C)(C)Oc1cnccc1C(=O)O. The Morgan fingerprint density at radius 3 is 2.80 bits per heavy atom. The second kappa shape index (κ2) is 4.29. The van der Waals surface area contributed by atoms with Crippen molar-refractivity contribution in [1.82, 2.24) is 4.98 Å². The third-order valence-corrected chi connectivity index (χ3v) is 2.25. The van der Waals surface area contributed by atoms with Crippen molar-refractivity contribution >= 4 is 5.97 Å². The van der Waals surface area contributed by atoms with Crippen molar-refractivity contribution in [2.24, 2.45) is 0 Å². The average molecular weight is 209 g/mol. The average Bonchev–Trinajstić information content (AvgIpc) is 2.18. The van der Waals surface area contributed by atoms with Gasteiger partial charge in [0.15, 0.2) is 5.75 Å². The van der Waals surface area contributed by atoms with Crippen molar-refractivity contribution in [2.45, 2.75) is 32.8 Å². The molecule has 0 saturated heterocycles. The zero-order chi connectivity index (χ0) is 11.5. The normalized spacial score (nSPS) is 11.1. The maximum absolute atomic E-state index is 10.9. The van der Waals surface area contributed by atoms with Crippen LogP contribution in [-0.2, 0) is 0 Å². The van der Waals surface area contributed by atoms with E-state index in [1.54, 1.807) is 0 Å². The summed E-state index contributed by atoms with van der Waals surface area (Å²) in [7, 11) is 0. The van der Waals surface area contributed by atoms with Crippen molar-refractivity contribution in [3.05, 3.63) is 24.0 Å². The number of nitrogens with zero attached hydrogens (tertiary/aromatic N) is 1. The molecule has 0 bridgehead atoms. The molecule has 0 spiro atoms. The molecule has 0 aliphatic carbocycles. The largest absolute Gasteiger partial charge is 0.485 e. The van der Waals surface area contributed by atoms with E-state index in [2.05, 4.69) is 4.98 Å². The number of carboxylic acids is 1. The summed E-state index contributed by atoms with van der Waals surface area (Å²) in [4.78, 5) is 14.7. The van der Waals surface area contributed by atoms with Crippen LogP contribution in [-0.4, -0.2) is 21.7 Å². The van der Waals surface area contributed by atoms with Crippen LogP contribution in [0.5, 0.6) is 5.75 Å². The number of aromatic carboxylic acids is 1. The fourth-order valence-corrected chi connectivity index (χ4v) is 1.01. The monoisotopic (exact) mass is 209 g/mol. The predicted molar refractivity (Wildman–Crippen MR) is 56.2 cm³/mol. The van der Waals surface area contributed by atoms with Gasteiger partial charge in [0, 0.05) is 6.20 Å². The minimum Gasteiger partial charge on any atom is -0.485 e. The summed E-state index contributed by atoms with van der Waals surface area (Å²) < 4.78 is 5.60. The van der Waals surface area contributed by atoms with Gasteiger partial charge in [-0.1, -0.05) is 6.92 Å². The highest BCUT2D eigenvalue weighted by Gasteiger charge is 2.20. The van der Waals surface area contributed by atoms with E-state index < -0.39 is 5.97 Å². The molecule has 4 nitrogen and oxygen atoms in total. The van der Waals surface area contributed by atoms with Crippen LogP contribution in [0.3, 0.4) is 0 Å². The molecule has 0 atom stereocenters. The third-order valence-electron chi connectivity index (χ3n) is 2.25. The van der Waals surface area contributed by atoms with Crippen molar-refractivity contribution in [2.75, 3.05) is 0 Å². The van der Waals surface area contributed by atoms with Crippen LogP contribution < -0.4 is 4.74 Å². The molecule has 0 amide bonds. The Morgan fingerprint density at radius 1 is 1.60 bits per heavy atom. The highest BCUT2D eigenvalue weighted by atomic mass is 16.5. The number of ether oxygens (including phenoxy) is 1. The summed E-state index contributed by atoms with van der Waals surface area (Å²) in [5, 5.41) is 8.93. The van der Waals surface area contributed by atoms with Gasteiger partial charge < -0.3 is 9.84 Å². The number of aromatic nitrogens is 1. The number of pyridine rings is 1. The Morgan fingerprint density at radius 2 is 2.27 bits per heavy atom. The number of rotatable bonds is 4. The van der Waals surface area contributed by atoms with Gasteiger partial charge in [0.2, 0.25) is 0 Å². The van der Waals surface area contributed by atoms with Crippen LogP contribution >= 0.6 is 0 Å². The third kappa shape index (κ3) is 2.94. The lowest BCUT2D eigenvalue weighted by atomic mass is 10.1. The molecule has 0 aliphatic rings. The van der Waals surface area contributed by atoms with Crippen LogP contribution in [0.15, 0.2) is 18.5 Å². The second-order valence-electron chi connectivity index (χ2n) is 3.89. The number of hydrogen-bond donors (Lipinski definition) is 1. The minimum absolute atomic E-state index is 0.145. The summed E-state index contributed by atoms with van der Waals surface area (Å²) >= 11 is 0. The zero-order valence-corrected chi connectivity index (χ0v) is 9.15. The Kier molecular flexibility index (Phi) is 3.29. The Labute approximate surface area is 88.9 Å². The molecule has 1 aromatic heterocycles. The molecular weight excluding hydrogens is 194 g/mol. The summed E-state index contributed by atoms with van der Waals surface area (Å²) in [5.74, 6) is -0.684. The molecule has 82 valence electrons. The first-order valence-corrected chi connectivity index (χ1v) is 4.82. The van der Waals surface area contributed by atoms with Gasteiger partial charge in [-0.3, -0.25) is 4.98 Å². The highest BCUT2D eigenvalue weighted by Crippen LogP contribution is 2.23. The molecule has 1 rings (SSSR count). The van der Waals surface area contributed by atoms with E-state index in [1.807, 2.05) is 20.8 Å². The van der Waals surface area contributed by atoms with Crippen molar-refractivity contribution in [3.63, 3.8) is 0 Å². The van der Waals surface area contributed by atoms with Gasteiger partial charge in [0.25, 0.3) is 0 Å². The van der Waals surface area contributed by atoms with E-state index in [0.717, 1.165) is 6.42 Å². The van der Waals surface area contributed by atoms with Gasteiger partial charge in [0.1, 0.15) is 11.2 Å². The van der Waals surface area contributed by atoms with Gasteiger partial charge in [0.05, 0.1) is 6.20 Å². The lowest BCUT2D eigenvalue weighted by Gasteiger charge is -2.25. The minimum atomic E-state index is -1.00. The van der Waals surface area contributed by atoms with Crippen LogP contribution in [0, 0.1) is 0 Å². The van der Waals surface area contributed by atoms with Gasteiger partial charge >= 0.3 is 5.97 Å². The Bertz CT molecular complexity index is 361. The molecule has 0 unspecified atom stereocenters. The maximum Gasteiger partial charge on any atom is 0.339 e. The van der Waals surface area contributed by atoms with E-state index in [9.17, 15) is 4.79 Å². The van der Waals surface area contributed by atoms with Crippen LogP contribution in [0.25, 0.3) is 0 Å². The topological polar surface area (TPSA) is 59.4 Å². The van der Waals surface area contributed by atoms with Crippen LogP contribution in [0.1, 0.15) is 37.6 Å². The van der Waals surface area contributed by atoms with Gasteiger partial charge in [-0.05, 0) is 26.3 Å². The quantitative estimate of drug-likeness (QED) is 0.826. The van der Waals surface area contributed by atoms with E-state index >= 15 is 0 Å². The van der Waals surface area contributed by atoms with E-state index in [0.29, 0.717) is 5.75 Å². The molecule has 0 fully saturated rings. The van der Waals surface area contributed by atoms with E-state index in [4.69, 9.17) is 9.84 Å². The maximum atomic E-state index is 10.9. The zero-order valence-electron chi connectivity index (χ0n) is 9.15. The van der Waals surface area contributed by atoms with Crippen LogP contribution in [0.2, 0.25) is 0 Å². The lowest BCUT2D eigenvalue weighted by molar-refractivity contribution is 0.0671. The fourth-order valence-electron chi connectivity index (χ4n) is 1.01. The predicted octanol–water partition coefficient (Wildman–Crippen LogP) is 2.35. The van der Waals surface area contributed by atoms with Crippen molar-refractivity contribution in [1.29, 1.82) is 0 Å². The first-order valence-electron chi connectivity index (χ1n) is 4.82. The Hall–Kier alpha value is -1.58. The first kappa shape index (κ1) is 11.5. The van der Waals surface area contributed by atoms with E-state index in [1.165, 1.54) is 18.5 Å². The van der Waals surface area contributed by atoms with Gasteiger partial charge in [-0.2, -0.15) is 0 Å². The lowest BCUT2D eigenvalue weighted by Crippen LogP contribution is -2.27. The molecule has 1 N–H and O–H groups in total. The summed E-state index contributed by atoms with van der Waals surface area (Å²) in [6, 6.07) is 1.43. The van der Waals surface area contributed by atoms with Crippen LogP contribution in [0.4, 0.5) is 0 Å². The van der Waals surface area contributed by atoms with Crippen molar-refractivity contribution in [3.8, 4) is 5.75 Å². The molecule has 0 aromatic carbocycles. The summed E-state index contributed by atoms with van der Waals surface area (Å²) in [6.07, 6.45) is 3.66. The number of carbonyl (C=O) groups is 1.